The minimum Gasteiger partial charge on any atom is -0.487 e. The first-order chi connectivity index (χ1) is 15.4. The Bertz CT molecular complexity index is 1250. The van der Waals surface area contributed by atoms with Crippen LogP contribution >= 0.6 is 0 Å². The van der Waals surface area contributed by atoms with Gasteiger partial charge in [0.1, 0.15) is 12.4 Å². The van der Waals surface area contributed by atoms with E-state index in [4.69, 9.17) is 14.3 Å². The van der Waals surface area contributed by atoms with E-state index in [-0.39, 0.29) is 23.8 Å². The van der Waals surface area contributed by atoms with E-state index >= 15 is 0 Å². The number of hydrogen-bond acceptors (Lipinski definition) is 5. The third-order valence-electron chi connectivity index (χ3n) is 4.67. The molecule has 0 atom stereocenters. The second-order valence-corrected chi connectivity index (χ2v) is 9.00. The Morgan fingerprint density at radius 1 is 1.12 bits per heavy atom. The fourth-order valence-electron chi connectivity index (χ4n) is 2.96. The Hall–Kier alpha value is -3.47. The number of aromatic carboxylic acids is 1. The molecule has 176 valence electrons. The molecular weight excluding hydrogens is 463 g/mol. The van der Waals surface area contributed by atoms with E-state index in [0.29, 0.717) is 17.2 Å². The molecule has 0 bridgehead atoms. The molecule has 0 aliphatic rings. The molecule has 33 heavy (non-hydrogen) atoms. The van der Waals surface area contributed by atoms with Crippen LogP contribution in [-0.4, -0.2) is 19.5 Å². The summed E-state index contributed by atoms with van der Waals surface area (Å²) < 4.78 is 78.3. The summed E-state index contributed by atoms with van der Waals surface area (Å²) in [6, 6.07) is 9.56. The molecule has 3 rings (SSSR count). The molecule has 11 heteroatoms. The Labute approximate surface area is 187 Å². The van der Waals surface area contributed by atoms with Gasteiger partial charge in [-0.1, -0.05) is 26.0 Å². The largest absolute Gasteiger partial charge is 0.487 e. The van der Waals surface area contributed by atoms with Crippen LogP contribution in [0.2, 0.25) is 0 Å². The molecule has 2 aromatic carbocycles. The fraction of sp³-hybridized carbons (Fsp3) is 0.227. The maximum atomic E-state index is 13.2. The highest BCUT2D eigenvalue weighted by Gasteiger charge is 2.32. The van der Waals surface area contributed by atoms with Gasteiger partial charge >= 0.3 is 12.1 Å². The summed E-state index contributed by atoms with van der Waals surface area (Å²) in [7, 11) is -4.36. The number of carboxylic acid groups (broad SMARTS) is 1. The highest BCUT2D eigenvalue weighted by Crippen LogP contribution is 2.37. The van der Waals surface area contributed by atoms with Crippen molar-refractivity contribution in [2.24, 2.45) is 0 Å². The molecule has 0 aliphatic carbocycles. The van der Waals surface area contributed by atoms with Gasteiger partial charge in [0.15, 0.2) is 0 Å². The highest BCUT2D eigenvalue weighted by atomic mass is 32.2. The Balaban J connectivity index is 1.93. The molecule has 1 heterocycles. The van der Waals surface area contributed by atoms with Crippen molar-refractivity contribution in [3.05, 3.63) is 77.0 Å². The third kappa shape index (κ3) is 5.67. The first-order valence-electron chi connectivity index (χ1n) is 9.65. The van der Waals surface area contributed by atoms with Gasteiger partial charge in [-0.25, -0.2) is 4.79 Å². The first kappa shape index (κ1) is 24.2. The van der Waals surface area contributed by atoms with Crippen molar-refractivity contribution in [2.45, 2.75) is 37.6 Å². The lowest BCUT2D eigenvalue weighted by atomic mass is 10.1. The van der Waals surface area contributed by atoms with Gasteiger partial charge in [0, 0.05) is 5.56 Å². The van der Waals surface area contributed by atoms with Crippen LogP contribution in [0, 0.1) is 0 Å². The predicted molar refractivity (Wildman–Crippen MR) is 113 cm³/mol. The number of halogens is 3. The van der Waals surface area contributed by atoms with Crippen LogP contribution in [0.25, 0.3) is 0 Å². The zero-order valence-corrected chi connectivity index (χ0v) is 18.3. The van der Waals surface area contributed by atoms with E-state index in [2.05, 4.69) is 4.72 Å². The van der Waals surface area contributed by atoms with E-state index in [0.717, 1.165) is 12.1 Å². The molecule has 1 aromatic heterocycles. The molecule has 7 nitrogen and oxygen atoms in total. The molecule has 0 fully saturated rings. The number of alkyl halides is 3. The molecular formula is C22H20F3NO6S. The van der Waals surface area contributed by atoms with Gasteiger partial charge in [-0.15, -0.1) is 0 Å². The number of hydrogen-bond donors (Lipinski definition) is 2. The summed E-state index contributed by atoms with van der Waals surface area (Å²) in [5.41, 5.74) is -0.529. The monoisotopic (exact) mass is 483 g/mol. The number of carboxylic acids is 1. The van der Waals surface area contributed by atoms with Crippen molar-refractivity contribution in [3.63, 3.8) is 0 Å². The average molecular weight is 483 g/mol. The third-order valence-corrected chi connectivity index (χ3v) is 5.98. The van der Waals surface area contributed by atoms with E-state index in [1.807, 2.05) is 0 Å². The number of nitrogens with one attached hydrogen (secondary N) is 1. The van der Waals surface area contributed by atoms with Crippen molar-refractivity contribution in [1.29, 1.82) is 0 Å². The second-order valence-electron chi connectivity index (χ2n) is 7.42. The van der Waals surface area contributed by atoms with E-state index < -0.39 is 38.5 Å². The van der Waals surface area contributed by atoms with E-state index in [1.165, 1.54) is 36.6 Å². The number of rotatable bonds is 8. The summed E-state index contributed by atoms with van der Waals surface area (Å²) in [6.07, 6.45) is -3.52. The minimum atomic E-state index is -4.71. The SMILES string of the molecule is CC(C)c1ccoc1S(=O)(=O)Nc1cc(C(F)(F)F)ccc1OCc1ccc(C(=O)O)cc1. The van der Waals surface area contributed by atoms with Gasteiger partial charge in [0.25, 0.3) is 10.0 Å². The van der Waals surface area contributed by atoms with Crippen molar-refractivity contribution in [1.82, 2.24) is 0 Å². The number of ether oxygens (including phenoxy) is 1. The number of carbonyl (C=O) groups is 1. The molecule has 3 aromatic rings. The summed E-state index contributed by atoms with van der Waals surface area (Å²) in [5, 5.41) is 8.56. The quantitative estimate of drug-likeness (QED) is 0.438. The summed E-state index contributed by atoms with van der Waals surface area (Å²) in [5.74, 6) is -1.46. The molecule has 0 aliphatic heterocycles. The van der Waals surface area contributed by atoms with Crippen LogP contribution < -0.4 is 9.46 Å². The molecule has 0 saturated heterocycles. The lowest BCUT2D eigenvalue weighted by molar-refractivity contribution is -0.137. The molecule has 2 N–H and O–H groups in total. The number of furan rings is 1. The zero-order valence-electron chi connectivity index (χ0n) is 17.5. The lowest BCUT2D eigenvalue weighted by Gasteiger charge is -2.16. The number of anilines is 1. The van der Waals surface area contributed by atoms with Crippen LogP contribution in [0.3, 0.4) is 0 Å². The van der Waals surface area contributed by atoms with Gasteiger partial charge in [-0.2, -0.15) is 21.6 Å². The molecule has 0 amide bonds. The average Bonchev–Trinajstić information content (AvgIpc) is 3.23. The standard InChI is InChI=1S/C22H20F3NO6S/c1-13(2)17-9-10-31-21(17)33(29,30)26-18-11-16(22(23,24)25)7-8-19(18)32-12-14-3-5-15(6-4-14)20(27)28/h3-11,13,26H,12H2,1-2H3,(H,27,28). The van der Waals surface area contributed by atoms with Crippen molar-refractivity contribution in [3.8, 4) is 5.75 Å². The topological polar surface area (TPSA) is 106 Å². The number of sulfonamides is 1. The fourth-order valence-corrected chi connectivity index (χ4v) is 4.30. The Morgan fingerprint density at radius 3 is 2.36 bits per heavy atom. The van der Waals surface area contributed by atoms with Crippen LogP contribution in [0.1, 0.15) is 46.8 Å². The van der Waals surface area contributed by atoms with E-state index in [1.54, 1.807) is 13.8 Å². The maximum Gasteiger partial charge on any atom is 0.416 e. The van der Waals surface area contributed by atoms with Gasteiger partial charge in [-0.3, -0.25) is 4.72 Å². The second kappa shape index (κ2) is 9.18. The highest BCUT2D eigenvalue weighted by molar-refractivity contribution is 7.92. The van der Waals surface area contributed by atoms with Gasteiger partial charge in [-0.05, 0) is 47.9 Å². The molecule has 0 unspecified atom stereocenters. The molecule has 0 spiro atoms. The summed E-state index contributed by atoms with van der Waals surface area (Å²) in [6.45, 7) is 3.36. The smallest absolute Gasteiger partial charge is 0.416 e. The van der Waals surface area contributed by atoms with Gasteiger partial charge < -0.3 is 14.3 Å². The summed E-state index contributed by atoms with van der Waals surface area (Å²) >= 11 is 0. The van der Waals surface area contributed by atoms with E-state index in [9.17, 15) is 26.4 Å². The van der Waals surface area contributed by atoms with Gasteiger partial charge in [0.2, 0.25) is 5.09 Å². The van der Waals surface area contributed by atoms with Crippen molar-refractivity contribution in [2.75, 3.05) is 4.72 Å². The normalized spacial score (nSPS) is 12.1. The maximum absolute atomic E-state index is 13.2. The van der Waals surface area contributed by atoms with Crippen LogP contribution in [0.5, 0.6) is 5.75 Å². The van der Waals surface area contributed by atoms with Gasteiger partial charge in [0.05, 0.1) is 23.1 Å². The minimum absolute atomic E-state index is 0.0566. The van der Waals surface area contributed by atoms with Crippen LogP contribution in [-0.2, 0) is 22.8 Å². The number of benzene rings is 2. The first-order valence-corrected chi connectivity index (χ1v) is 11.1. The molecule has 0 saturated carbocycles. The Morgan fingerprint density at radius 2 is 1.79 bits per heavy atom. The van der Waals surface area contributed by atoms with Crippen molar-refractivity contribution < 1.29 is 40.6 Å². The van der Waals surface area contributed by atoms with Crippen molar-refractivity contribution >= 4 is 21.7 Å². The van der Waals surface area contributed by atoms with Crippen LogP contribution in [0.4, 0.5) is 18.9 Å². The molecule has 0 radical (unpaired) electrons. The Kier molecular flexibility index (Phi) is 6.73. The zero-order chi connectivity index (χ0) is 24.4. The van der Waals surface area contributed by atoms with Crippen LogP contribution in [0.15, 0.2) is 64.3 Å². The predicted octanol–water partition coefficient (Wildman–Crippen LogP) is 5.50. The summed E-state index contributed by atoms with van der Waals surface area (Å²) in [4.78, 5) is 10.9. The lowest BCUT2D eigenvalue weighted by Crippen LogP contribution is -2.16.